The number of hydrogen-bond donors (Lipinski definition) is 1. The monoisotopic (exact) mass is 279 g/mol. The molecular formula is C14H17NO3S. The molecule has 1 heterocycles. The van der Waals surface area contributed by atoms with E-state index >= 15 is 0 Å². The quantitative estimate of drug-likeness (QED) is 0.883. The van der Waals surface area contributed by atoms with Crippen molar-refractivity contribution in [3.8, 4) is 17.2 Å². The second-order valence-electron chi connectivity index (χ2n) is 3.91. The van der Waals surface area contributed by atoms with Crippen LogP contribution in [-0.4, -0.2) is 20.8 Å². The van der Waals surface area contributed by atoms with Crippen LogP contribution >= 0.6 is 11.3 Å². The highest BCUT2D eigenvalue weighted by Gasteiger charge is 2.13. The van der Waals surface area contributed by atoms with Crippen LogP contribution in [0.4, 0.5) is 0 Å². The van der Waals surface area contributed by atoms with E-state index in [9.17, 15) is 0 Å². The maximum absolute atomic E-state index is 5.92. The lowest BCUT2D eigenvalue weighted by Gasteiger charge is -2.17. The molecule has 0 radical (unpaired) electrons. The van der Waals surface area contributed by atoms with Crippen molar-refractivity contribution >= 4 is 11.3 Å². The molecule has 0 spiro atoms. The zero-order chi connectivity index (χ0) is 13.7. The maximum atomic E-state index is 5.92. The Kier molecular flexibility index (Phi) is 4.65. The molecule has 1 atom stereocenters. The fraction of sp³-hybridized carbons (Fsp3) is 0.286. The summed E-state index contributed by atoms with van der Waals surface area (Å²) in [7, 11) is 3.22. The van der Waals surface area contributed by atoms with E-state index in [0.717, 1.165) is 4.88 Å². The van der Waals surface area contributed by atoms with Gasteiger partial charge in [-0.05, 0) is 11.4 Å². The molecule has 2 rings (SSSR count). The summed E-state index contributed by atoms with van der Waals surface area (Å²) in [5.74, 6) is 2.06. The van der Waals surface area contributed by atoms with E-state index < -0.39 is 0 Å². The molecule has 1 aromatic carbocycles. The number of thiophene rings is 1. The first-order valence-corrected chi connectivity index (χ1v) is 6.78. The lowest BCUT2D eigenvalue weighted by molar-refractivity contribution is 0.216. The van der Waals surface area contributed by atoms with Crippen LogP contribution in [-0.2, 0) is 0 Å². The molecule has 102 valence electrons. The minimum atomic E-state index is -0.156. The Balaban J connectivity index is 2.21. The van der Waals surface area contributed by atoms with Gasteiger partial charge in [0.1, 0.15) is 23.4 Å². The largest absolute Gasteiger partial charge is 0.496 e. The summed E-state index contributed by atoms with van der Waals surface area (Å²) in [6.07, 6.45) is -0.156. The van der Waals surface area contributed by atoms with Crippen LogP contribution in [0.2, 0.25) is 0 Å². The van der Waals surface area contributed by atoms with E-state index in [1.165, 1.54) is 0 Å². The molecule has 1 unspecified atom stereocenters. The van der Waals surface area contributed by atoms with Crippen molar-refractivity contribution in [1.29, 1.82) is 0 Å². The number of methoxy groups -OCH3 is 2. The predicted octanol–water partition coefficient (Wildman–Crippen LogP) is 2.84. The second-order valence-corrected chi connectivity index (χ2v) is 4.89. The zero-order valence-corrected chi connectivity index (χ0v) is 11.8. The summed E-state index contributed by atoms with van der Waals surface area (Å²) >= 11 is 1.63. The van der Waals surface area contributed by atoms with Gasteiger partial charge in [-0.3, -0.25) is 0 Å². The Morgan fingerprint density at radius 3 is 2.21 bits per heavy atom. The van der Waals surface area contributed by atoms with Crippen molar-refractivity contribution in [2.75, 3.05) is 20.8 Å². The third-order valence-corrected chi connectivity index (χ3v) is 3.64. The molecule has 1 aromatic heterocycles. The van der Waals surface area contributed by atoms with Crippen LogP contribution < -0.4 is 19.9 Å². The van der Waals surface area contributed by atoms with E-state index in [2.05, 4.69) is 0 Å². The second kappa shape index (κ2) is 6.45. The van der Waals surface area contributed by atoms with Gasteiger partial charge in [0.25, 0.3) is 0 Å². The molecule has 4 nitrogen and oxygen atoms in total. The lowest BCUT2D eigenvalue weighted by atomic mass is 10.2. The molecule has 0 bridgehead atoms. The number of rotatable bonds is 6. The average Bonchev–Trinajstić information content (AvgIpc) is 2.98. The Labute approximate surface area is 116 Å². The Bertz CT molecular complexity index is 491. The van der Waals surface area contributed by atoms with Gasteiger partial charge in [0, 0.05) is 29.6 Å². The van der Waals surface area contributed by atoms with E-state index in [1.54, 1.807) is 31.6 Å². The third kappa shape index (κ3) is 3.39. The van der Waals surface area contributed by atoms with Gasteiger partial charge in [-0.2, -0.15) is 0 Å². The van der Waals surface area contributed by atoms with Crippen LogP contribution in [0.25, 0.3) is 0 Å². The number of hydrogen-bond acceptors (Lipinski definition) is 5. The van der Waals surface area contributed by atoms with Crippen molar-refractivity contribution in [2.24, 2.45) is 5.73 Å². The fourth-order valence-corrected chi connectivity index (χ4v) is 2.48. The van der Waals surface area contributed by atoms with Gasteiger partial charge in [0.15, 0.2) is 0 Å². The van der Waals surface area contributed by atoms with E-state index in [0.29, 0.717) is 23.8 Å². The van der Waals surface area contributed by atoms with Gasteiger partial charge in [-0.15, -0.1) is 11.3 Å². The normalized spacial score (nSPS) is 11.9. The summed E-state index contributed by atoms with van der Waals surface area (Å²) in [5.41, 5.74) is 5.77. The molecule has 5 heteroatoms. The third-order valence-electron chi connectivity index (χ3n) is 2.68. The van der Waals surface area contributed by atoms with Crippen molar-refractivity contribution in [3.63, 3.8) is 0 Å². The SMILES string of the molecule is COc1cc(OC)cc(OC(CN)c2cccs2)c1. The van der Waals surface area contributed by atoms with Crippen LogP contribution in [0.3, 0.4) is 0 Å². The highest BCUT2D eigenvalue weighted by Crippen LogP contribution is 2.31. The first-order valence-electron chi connectivity index (χ1n) is 5.90. The highest BCUT2D eigenvalue weighted by atomic mass is 32.1. The highest BCUT2D eigenvalue weighted by molar-refractivity contribution is 7.10. The molecule has 0 amide bonds. The first kappa shape index (κ1) is 13.7. The Hall–Kier alpha value is -1.72. The molecule has 0 saturated carbocycles. The van der Waals surface area contributed by atoms with Crippen LogP contribution in [0.15, 0.2) is 35.7 Å². The van der Waals surface area contributed by atoms with Crippen LogP contribution in [0.1, 0.15) is 11.0 Å². The van der Waals surface area contributed by atoms with E-state index in [1.807, 2.05) is 29.6 Å². The van der Waals surface area contributed by atoms with Crippen molar-refractivity contribution < 1.29 is 14.2 Å². The topological polar surface area (TPSA) is 53.7 Å². The van der Waals surface area contributed by atoms with Gasteiger partial charge in [-0.25, -0.2) is 0 Å². The van der Waals surface area contributed by atoms with Crippen LogP contribution in [0, 0.1) is 0 Å². The molecule has 0 aliphatic rings. The first-order chi connectivity index (χ1) is 9.26. The molecule has 0 saturated heterocycles. The molecule has 2 N–H and O–H groups in total. The van der Waals surface area contributed by atoms with E-state index in [-0.39, 0.29) is 6.10 Å². The number of nitrogens with two attached hydrogens (primary N) is 1. The summed E-state index contributed by atoms with van der Waals surface area (Å²) in [6, 6.07) is 9.44. The maximum Gasteiger partial charge on any atom is 0.145 e. The summed E-state index contributed by atoms with van der Waals surface area (Å²) in [5, 5.41) is 2.01. The van der Waals surface area contributed by atoms with Gasteiger partial charge < -0.3 is 19.9 Å². The van der Waals surface area contributed by atoms with Gasteiger partial charge in [-0.1, -0.05) is 6.07 Å². The number of ether oxygens (including phenoxy) is 3. The summed E-state index contributed by atoms with van der Waals surface area (Å²) in [6.45, 7) is 0.417. The Morgan fingerprint density at radius 2 is 1.74 bits per heavy atom. The average molecular weight is 279 g/mol. The molecular weight excluding hydrogens is 262 g/mol. The standard InChI is InChI=1S/C14H17NO3S/c1-16-10-6-11(17-2)8-12(7-10)18-13(9-15)14-4-3-5-19-14/h3-8,13H,9,15H2,1-2H3. The van der Waals surface area contributed by atoms with Gasteiger partial charge >= 0.3 is 0 Å². The van der Waals surface area contributed by atoms with Crippen molar-refractivity contribution in [2.45, 2.75) is 6.10 Å². The summed E-state index contributed by atoms with van der Waals surface area (Å²) in [4.78, 5) is 1.10. The lowest BCUT2D eigenvalue weighted by Crippen LogP contribution is -2.17. The molecule has 0 fully saturated rings. The van der Waals surface area contributed by atoms with Crippen LogP contribution in [0.5, 0.6) is 17.2 Å². The van der Waals surface area contributed by atoms with Crippen molar-refractivity contribution in [3.05, 3.63) is 40.6 Å². The summed E-state index contributed by atoms with van der Waals surface area (Å²) < 4.78 is 16.3. The van der Waals surface area contributed by atoms with Gasteiger partial charge in [0.2, 0.25) is 0 Å². The number of benzene rings is 1. The molecule has 0 aliphatic heterocycles. The minimum absolute atomic E-state index is 0.156. The predicted molar refractivity (Wildman–Crippen MR) is 76.3 cm³/mol. The molecule has 2 aromatic rings. The molecule has 0 aliphatic carbocycles. The van der Waals surface area contributed by atoms with Crippen molar-refractivity contribution in [1.82, 2.24) is 0 Å². The van der Waals surface area contributed by atoms with Gasteiger partial charge in [0.05, 0.1) is 14.2 Å². The Morgan fingerprint density at radius 1 is 1.11 bits per heavy atom. The van der Waals surface area contributed by atoms with E-state index in [4.69, 9.17) is 19.9 Å². The molecule has 19 heavy (non-hydrogen) atoms. The fourth-order valence-electron chi connectivity index (χ4n) is 1.71. The smallest absolute Gasteiger partial charge is 0.145 e. The minimum Gasteiger partial charge on any atom is -0.496 e. The zero-order valence-electron chi connectivity index (χ0n) is 11.0.